The first-order chi connectivity index (χ1) is 12.0. The maximum Gasteiger partial charge on any atom is 0.322 e. The van der Waals surface area contributed by atoms with E-state index in [1.165, 1.54) is 11.3 Å². The molecule has 3 N–H and O–H groups in total. The van der Waals surface area contributed by atoms with Gasteiger partial charge in [0, 0.05) is 31.2 Å². The molecular formula is C18H24N4O3. The lowest BCUT2D eigenvalue weighted by atomic mass is 10.0. The fourth-order valence-corrected chi connectivity index (χ4v) is 3.34. The van der Waals surface area contributed by atoms with Gasteiger partial charge in [-0.3, -0.25) is 14.9 Å². The summed E-state index contributed by atoms with van der Waals surface area (Å²) in [6, 6.07) is 7.54. The summed E-state index contributed by atoms with van der Waals surface area (Å²) in [5.41, 5.74) is 2.48. The molecule has 0 saturated carbocycles. The van der Waals surface area contributed by atoms with E-state index < -0.39 is 12.1 Å². The molecule has 0 radical (unpaired) electrons. The van der Waals surface area contributed by atoms with Crippen molar-refractivity contribution in [3.63, 3.8) is 0 Å². The largest absolute Gasteiger partial charge is 0.371 e. The zero-order valence-electron chi connectivity index (χ0n) is 14.4. The van der Waals surface area contributed by atoms with Gasteiger partial charge in [-0.15, -0.1) is 0 Å². The van der Waals surface area contributed by atoms with Gasteiger partial charge in [-0.2, -0.15) is 0 Å². The van der Waals surface area contributed by atoms with E-state index in [1.54, 1.807) is 0 Å². The van der Waals surface area contributed by atoms with E-state index in [1.807, 2.05) is 0 Å². The van der Waals surface area contributed by atoms with Gasteiger partial charge in [0.05, 0.1) is 0 Å². The fraction of sp³-hybridized carbons (Fsp3) is 0.500. The number of nitrogens with zero attached hydrogens (tertiary/aromatic N) is 1. The van der Waals surface area contributed by atoms with E-state index in [-0.39, 0.29) is 24.3 Å². The molecule has 1 aromatic carbocycles. The normalized spacial score (nSPS) is 21.0. The monoisotopic (exact) mass is 344 g/mol. The number of rotatable bonds is 5. The molecule has 3 rings (SSSR count). The number of urea groups is 1. The van der Waals surface area contributed by atoms with Crippen LogP contribution < -0.4 is 20.9 Å². The Hall–Kier alpha value is -2.57. The van der Waals surface area contributed by atoms with Gasteiger partial charge in [0.25, 0.3) is 5.91 Å². The number of anilines is 1. The zero-order valence-corrected chi connectivity index (χ0v) is 14.4. The van der Waals surface area contributed by atoms with Crippen LogP contribution >= 0.6 is 0 Å². The highest BCUT2D eigenvalue weighted by Gasteiger charge is 2.30. The second kappa shape index (κ2) is 7.55. The minimum absolute atomic E-state index is 0.0667. The third kappa shape index (κ3) is 4.49. The van der Waals surface area contributed by atoms with Crippen LogP contribution in [0.1, 0.15) is 31.2 Å². The molecule has 0 unspecified atom stereocenters. The molecule has 0 spiro atoms. The number of hydrogen-bond acceptors (Lipinski definition) is 4. The smallest absolute Gasteiger partial charge is 0.322 e. The van der Waals surface area contributed by atoms with Crippen LogP contribution in [0.3, 0.4) is 0 Å². The molecular weight excluding hydrogens is 320 g/mol. The number of aryl methyl sites for hydroxylation is 1. The summed E-state index contributed by atoms with van der Waals surface area (Å²) in [7, 11) is 0. The van der Waals surface area contributed by atoms with Gasteiger partial charge >= 0.3 is 6.03 Å². The first-order valence-corrected chi connectivity index (χ1v) is 8.73. The second-order valence-electron chi connectivity index (χ2n) is 6.72. The number of carbonyl (C=O) groups is 3. The molecule has 7 nitrogen and oxygen atoms in total. The van der Waals surface area contributed by atoms with Gasteiger partial charge in [0.2, 0.25) is 5.91 Å². The number of piperidine rings is 1. The predicted molar refractivity (Wildman–Crippen MR) is 94.3 cm³/mol. The Balaban J connectivity index is 1.40. The number of hydrogen-bond donors (Lipinski definition) is 3. The lowest BCUT2D eigenvalue weighted by Crippen LogP contribution is -2.45. The molecule has 0 aliphatic carbocycles. The lowest BCUT2D eigenvalue weighted by Gasteiger charge is -2.34. The molecule has 0 aromatic heterocycles. The molecule has 2 heterocycles. The highest BCUT2D eigenvalue weighted by atomic mass is 16.2. The van der Waals surface area contributed by atoms with Gasteiger partial charge in [-0.25, -0.2) is 4.79 Å². The number of benzene rings is 1. The summed E-state index contributed by atoms with van der Waals surface area (Å²) in [5, 5.41) is 7.72. The standard InChI is InChI=1S/C18H24N4O3/c1-12-3-2-4-14(11-12)22-9-7-13(8-10-22)19-16(23)6-5-15-17(24)21-18(25)20-15/h2-4,11,13,15H,5-10H2,1H3,(H,19,23)(H2,20,21,24,25)/t15-/m0/s1. The molecule has 4 amide bonds. The van der Waals surface area contributed by atoms with Crippen molar-refractivity contribution in [3.05, 3.63) is 29.8 Å². The molecule has 0 bridgehead atoms. The van der Waals surface area contributed by atoms with Crippen LogP contribution in [0.4, 0.5) is 10.5 Å². The summed E-state index contributed by atoms with van der Waals surface area (Å²) in [4.78, 5) is 36.9. The van der Waals surface area contributed by atoms with Gasteiger partial charge < -0.3 is 15.5 Å². The summed E-state index contributed by atoms with van der Waals surface area (Å²) >= 11 is 0. The summed E-state index contributed by atoms with van der Waals surface area (Å²) < 4.78 is 0. The van der Waals surface area contributed by atoms with Crippen molar-refractivity contribution >= 4 is 23.5 Å². The van der Waals surface area contributed by atoms with Crippen molar-refractivity contribution in [3.8, 4) is 0 Å². The van der Waals surface area contributed by atoms with E-state index >= 15 is 0 Å². The number of amides is 4. The molecule has 2 saturated heterocycles. The number of imide groups is 1. The number of carbonyl (C=O) groups excluding carboxylic acids is 3. The summed E-state index contributed by atoms with van der Waals surface area (Å²) in [6.07, 6.45) is 2.36. The molecule has 134 valence electrons. The van der Waals surface area contributed by atoms with Crippen LogP contribution in [0.15, 0.2) is 24.3 Å². The Morgan fingerprint density at radius 1 is 1.28 bits per heavy atom. The van der Waals surface area contributed by atoms with E-state index in [2.05, 4.69) is 52.0 Å². The first kappa shape index (κ1) is 17.3. The highest BCUT2D eigenvalue weighted by molar-refractivity contribution is 6.04. The minimum Gasteiger partial charge on any atom is -0.371 e. The average Bonchev–Trinajstić information content (AvgIpc) is 2.91. The third-order valence-electron chi connectivity index (χ3n) is 4.75. The Kier molecular flexibility index (Phi) is 5.21. The van der Waals surface area contributed by atoms with E-state index in [9.17, 15) is 14.4 Å². The maximum absolute atomic E-state index is 12.1. The Morgan fingerprint density at radius 3 is 2.68 bits per heavy atom. The van der Waals surface area contributed by atoms with E-state index in [0.29, 0.717) is 6.42 Å². The SMILES string of the molecule is Cc1cccc(N2CCC(NC(=O)CC[C@@H]3NC(=O)NC3=O)CC2)c1. The van der Waals surface area contributed by atoms with E-state index in [4.69, 9.17) is 0 Å². The predicted octanol–water partition coefficient (Wildman–Crippen LogP) is 1.07. The van der Waals surface area contributed by atoms with Gasteiger partial charge in [0.15, 0.2) is 0 Å². The van der Waals surface area contributed by atoms with Crippen molar-refractivity contribution in [2.75, 3.05) is 18.0 Å². The van der Waals surface area contributed by atoms with Crippen molar-refractivity contribution in [1.29, 1.82) is 0 Å². The van der Waals surface area contributed by atoms with Crippen molar-refractivity contribution in [2.45, 2.75) is 44.7 Å². The second-order valence-corrected chi connectivity index (χ2v) is 6.72. The van der Waals surface area contributed by atoms with Crippen LogP contribution in [0.2, 0.25) is 0 Å². The van der Waals surface area contributed by atoms with Crippen molar-refractivity contribution in [1.82, 2.24) is 16.0 Å². The summed E-state index contributed by atoms with van der Waals surface area (Å²) in [6.45, 7) is 3.91. The molecule has 2 fully saturated rings. The summed E-state index contributed by atoms with van der Waals surface area (Å²) in [5.74, 6) is -0.424. The highest BCUT2D eigenvalue weighted by Crippen LogP contribution is 2.21. The molecule has 2 aliphatic rings. The first-order valence-electron chi connectivity index (χ1n) is 8.73. The molecule has 1 atom stereocenters. The minimum atomic E-state index is -0.596. The van der Waals surface area contributed by atoms with Gasteiger partial charge in [-0.1, -0.05) is 12.1 Å². The van der Waals surface area contributed by atoms with Gasteiger partial charge in [0.1, 0.15) is 6.04 Å². The average molecular weight is 344 g/mol. The lowest BCUT2D eigenvalue weighted by molar-refractivity contribution is -0.122. The number of nitrogens with one attached hydrogen (secondary N) is 3. The Morgan fingerprint density at radius 2 is 2.04 bits per heavy atom. The maximum atomic E-state index is 12.1. The van der Waals surface area contributed by atoms with Crippen LogP contribution in [-0.2, 0) is 9.59 Å². The molecule has 7 heteroatoms. The van der Waals surface area contributed by atoms with Crippen molar-refractivity contribution in [2.24, 2.45) is 0 Å². The Bertz CT molecular complexity index is 668. The van der Waals surface area contributed by atoms with E-state index in [0.717, 1.165) is 25.9 Å². The molecule has 1 aromatic rings. The van der Waals surface area contributed by atoms with Crippen LogP contribution in [0.25, 0.3) is 0 Å². The topological polar surface area (TPSA) is 90.5 Å². The third-order valence-corrected chi connectivity index (χ3v) is 4.75. The Labute approximate surface area is 147 Å². The van der Waals surface area contributed by atoms with Crippen LogP contribution in [0, 0.1) is 6.92 Å². The van der Waals surface area contributed by atoms with Crippen LogP contribution in [-0.4, -0.2) is 43.0 Å². The van der Waals surface area contributed by atoms with Crippen LogP contribution in [0.5, 0.6) is 0 Å². The van der Waals surface area contributed by atoms with Crippen molar-refractivity contribution < 1.29 is 14.4 Å². The molecule has 25 heavy (non-hydrogen) atoms. The quantitative estimate of drug-likeness (QED) is 0.697. The zero-order chi connectivity index (χ0) is 17.8. The molecule has 2 aliphatic heterocycles. The fourth-order valence-electron chi connectivity index (χ4n) is 3.34. The van der Waals surface area contributed by atoms with Gasteiger partial charge in [-0.05, 0) is 43.9 Å².